The second-order valence-corrected chi connectivity index (χ2v) is 4.38. The molecule has 18 heavy (non-hydrogen) atoms. The maximum Gasteiger partial charge on any atom is 0.324 e. The molecule has 0 aromatic heterocycles. The molecule has 0 aliphatic heterocycles. The Morgan fingerprint density at radius 3 is 1.89 bits per heavy atom. The van der Waals surface area contributed by atoms with Gasteiger partial charge in [0.15, 0.2) is 5.41 Å². The zero-order valence-electron chi connectivity index (χ0n) is 11.4. The molecule has 4 nitrogen and oxygen atoms in total. The van der Waals surface area contributed by atoms with Crippen molar-refractivity contribution in [2.75, 3.05) is 13.2 Å². The molecule has 0 amide bonds. The molecule has 0 heterocycles. The van der Waals surface area contributed by atoms with Crippen LogP contribution in [-0.4, -0.2) is 25.2 Å². The van der Waals surface area contributed by atoms with E-state index in [1.54, 1.807) is 33.8 Å². The Labute approximate surface area is 113 Å². The Bertz CT molecular complexity index is 292. The molecule has 0 rings (SSSR count). The van der Waals surface area contributed by atoms with Gasteiger partial charge in [0, 0.05) is 5.54 Å². The molecule has 0 radical (unpaired) electrons. The fourth-order valence-electron chi connectivity index (χ4n) is 1.71. The van der Waals surface area contributed by atoms with Gasteiger partial charge in [-0.3, -0.25) is 9.59 Å². The molecule has 0 saturated carbocycles. The van der Waals surface area contributed by atoms with Gasteiger partial charge in [0.2, 0.25) is 0 Å². The van der Waals surface area contributed by atoms with Gasteiger partial charge >= 0.3 is 11.9 Å². The summed E-state index contributed by atoms with van der Waals surface area (Å²) in [4.78, 5) is 24.3. The van der Waals surface area contributed by atoms with Crippen LogP contribution in [0.2, 0.25) is 0 Å². The van der Waals surface area contributed by atoms with E-state index in [-0.39, 0.29) is 25.6 Å². The molecule has 0 aliphatic carbocycles. The van der Waals surface area contributed by atoms with Gasteiger partial charge in [-0.05, 0) is 26.2 Å². The Balaban J connectivity index is 5.40. The van der Waals surface area contributed by atoms with Gasteiger partial charge in [0.1, 0.15) is 0 Å². The van der Waals surface area contributed by atoms with Crippen LogP contribution in [-0.2, 0) is 19.1 Å². The van der Waals surface area contributed by atoms with Crippen LogP contribution in [0.15, 0.2) is 11.6 Å². The number of hydrogen-bond acceptors (Lipinski definition) is 4. The highest BCUT2D eigenvalue weighted by molar-refractivity contribution is 6.25. The lowest BCUT2D eigenvalue weighted by molar-refractivity contribution is -0.175. The number of carbonyl (C=O) groups is 2. The lowest BCUT2D eigenvalue weighted by Gasteiger charge is -2.31. The van der Waals surface area contributed by atoms with Crippen LogP contribution < -0.4 is 0 Å². The molecule has 0 atom stereocenters. The zero-order valence-corrected chi connectivity index (χ0v) is 12.1. The summed E-state index contributed by atoms with van der Waals surface area (Å²) in [6.45, 7) is 7.41. The first kappa shape index (κ1) is 17.0. The molecule has 0 aromatic carbocycles. The molecular formula is C13H21ClO4. The number of allylic oxidation sites excluding steroid dienone is 1. The normalized spacial score (nSPS) is 11.9. The van der Waals surface area contributed by atoms with Crippen molar-refractivity contribution >= 4 is 23.5 Å². The lowest BCUT2D eigenvalue weighted by Crippen LogP contribution is -2.46. The number of carbonyl (C=O) groups excluding carboxylic acids is 2. The minimum absolute atomic E-state index is 0.172. The third-order valence-electron chi connectivity index (χ3n) is 2.79. The van der Waals surface area contributed by atoms with Crippen LogP contribution in [0.1, 0.15) is 34.1 Å². The first-order chi connectivity index (χ1) is 8.47. The van der Waals surface area contributed by atoms with E-state index in [9.17, 15) is 9.59 Å². The van der Waals surface area contributed by atoms with Crippen molar-refractivity contribution in [2.24, 2.45) is 11.3 Å². The number of halogens is 1. The topological polar surface area (TPSA) is 52.6 Å². The zero-order chi connectivity index (χ0) is 14.2. The Hall–Kier alpha value is -1.03. The van der Waals surface area contributed by atoms with Crippen molar-refractivity contribution in [2.45, 2.75) is 34.1 Å². The SMILES string of the molecule is CCOC(=O)C(C/C=C/Cl)(C(=O)OCC)C(C)C. The van der Waals surface area contributed by atoms with Gasteiger partial charge in [-0.2, -0.15) is 0 Å². The molecule has 0 unspecified atom stereocenters. The Morgan fingerprint density at radius 1 is 1.17 bits per heavy atom. The van der Waals surface area contributed by atoms with Crippen molar-refractivity contribution in [1.29, 1.82) is 0 Å². The molecular weight excluding hydrogens is 256 g/mol. The van der Waals surface area contributed by atoms with Crippen molar-refractivity contribution < 1.29 is 19.1 Å². The van der Waals surface area contributed by atoms with E-state index < -0.39 is 17.4 Å². The van der Waals surface area contributed by atoms with E-state index in [0.717, 1.165) is 0 Å². The second-order valence-electron chi connectivity index (χ2n) is 4.13. The maximum atomic E-state index is 12.1. The van der Waals surface area contributed by atoms with Gasteiger partial charge in [-0.1, -0.05) is 31.5 Å². The number of rotatable bonds is 7. The van der Waals surface area contributed by atoms with E-state index in [1.165, 1.54) is 5.54 Å². The summed E-state index contributed by atoms with van der Waals surface area (Å²) in [7, 11) is 0. The molecule has 0 spiro atoms. The highest BCUT2D eigenvalue weighted by Gasteiger charge is 2.50. The standard InChI is InChI=1S/C13H21ClO4/c1-5-17-11(15)13(10(3)4,8-7-9-14)12(16)18-6-2/h7,9-10H,5-6,8H2,1-4H3/b9-7+. The molecule has 0 bridgehead atoms. The van der Waals surface area contributed by atoms with Crippen LogP contribution in [0.5, 0.6) is 0 Å². The maximum absolute atomic E-state index is 12.1. The third kappa shape index (κ3) is 3.73. The fraction of sp³-hybridized carbons (Fsp3) is 0.692. The molecule has 5 heteroatoms. The highest BCUT2D eigenvalue weighted by Crippen LogP contribution is 2.35. The van der Waals surface area contributed by atoms with E-state index in [4.69, 9.17) is 21.1 Å². The predicted octanol–water partition coefficient (Wildman–Crippen LogP) is 2.90. The molecule has 0 N–H and O–H groups in total. The fourth-order valence-corrected chi connectivity index (χ4v) is 1.80. The van der Waals surface area contributed by atoms with Gasteiger partial charge in [-0.25, -0.2) is 0 Å². The highest BCUT2D eigenvalue weighted by atomic mass is 35.5. The first-order valence-corrected chi connectivity index (χ1v) is 6.50. The Morgan fingerprint density at radius 2 is 1.61 bits per heavy atom. The summed E-state index contributed by atoms with van der Waals surface area (Å²) >= 11 is 5.49. The summed E-state index contributed by atoms with van der Waals surface area (Å²) in [5.74, 6) is -1.37. The number of ether oxygens (including phenoxy) is 2. The van der Waals surface area contributed by atoms with Gasteiger partial charge in [-0.15, -0.1) is 0 Å². The van der Waals surface area contributed by atoms with Crippen LogP contribution in [0, 0.1) is 11.3 Å². The van der Waals surface area contributed by atoms with Crippen LogP contribution >= 0.6 is 11.6 Å². The average molecular weight is 277 g/mol. The first-order valence-electron chi connectivity index (χ1n) is 6.06. The number of hydrogen-bond donors (Lipinski definition) is 0. The monoisotopic (exact) mass is 276 g/mol. The minimum atomic E-state index is -1.32. The van der Waals surface area contributed by atoms with Crippen molar-refractivity contribution in [3.8, 4) is 0 Å². The van der Waals surface area contributed by atoms with Gasteiger partial charge < -0.3 is 9.47 Å². The summed E-state index contributed by atoms with van der Waals surface area (Å²) < 4.78 is 10.0. The molecule has 0 aliphatic rings. The number of esters is 2. The second kappa shape index (κ2) is 8.14. The van der Waals surface area contributed by atoms with Crippen molar-refractivity contribution in [3.63, 3.8) is 0 Å². The summed E-state index contributed by atoms with van der Waals surface area (Å²) in [6, 6.07) is 0. The van der Waals surface area contributed by atoms with Crippen molar-refractivity contribution in [3.05, 3.63) is 11.6 Å². The Kier molecular flexibility index (Phi) is 7.67. The van der Waals surface area contributed by atoms with E-state index in [2.05, 4.69) is 0 Å². The molecule has 0 aromatic rings. The van der Waals surface area contributed by atoms with Crippen LogP contribution in [0.4, 0.5) is 0 Å². The van der Waals surface area contributed by atoms with Crippen molar-refractivity contribution in [1.82, 2.24) is 0 Å². The lowest BCUT2D eigenvalue weighted by atomic mass is 9.74. The summed E-state index contributed by atoms with van der Waals surface area (Å²) in [5, 5.41) is 0. The third-order valence-corrected chi connectivity index (χ3v) is 2.97. The van der Waals surface area contributed by atoms with E-state index >= 15 is 0 Å². The molecule has 0 fully saturated rings. The van der Waals surface area contributed by atoms with E-state index in [0.29, 0.717) is 0 Å². The van der Waals surface area contributed by atoms with Crippen LogP contribution in [0.3, 0.4) is 0 Å². The molecule has 104 valence electrons. The van der Waals surface area contributed by atoms with E-state index in [1.807, 2.05) is 0 Å². The minimum Gasteiger partial charge on any atom is -0.465 e. The predicted molar refractivity (Wildman–Crippen MR) is 70.1 cm³/mol. The quantitative estimate of drug-likeness (QED) is 0.530. The van der Waals surface area contributed by atoms with Gasteiger partial charge in [0.05, 0.1) is 13.2 Å². The largest absolute Gasteiger partial charge is 0.465 e. The smallest absolute Gasteiger partial charge is 0.324 e. The van der Waals surface area contributed by atoms with Crippen LogP contribution in [0.25, 0.3) is 0 Å². The summed E-state index contributed by atoms with van der Waals surface area (Å²) in [5.41, 5.74) is -0.0347. The van der Waals surface area contributed by atoms with Gasteiger partial charge in [0.25, 0.3) is 0 Å². The summed E-state index contributed by atoms with van der Waals surface area (Å²) in [6.07, 6.45) is 1.74. The average Bonchev–Trinajstić information content (AvgIpc) is 2.30. The molecule has 0 saturated heterocycles.